The molecule has 0 bridgehead atoms. The van der Waals surface area contributed by atoms with Crippen molar-refractivity contribution in [1.82, 2.24) is 0 Å². The van der Waals surface area contributed by atoms with Crippen LogP contribution in [0.25, 0.3) is 82.2 Å². The van der Waals surface area contributed by atoms with Crippen LogP contribution in [0.1, 0.15) is 251 Å². The molecule has 0 radical (unpaired) electrons. The maximum atomic E-state index is 2.66. The maximum absolute atomic E-state index is 2.66. The van der Waals surface area contributed by atoms with E-state index in [9.17, 15) is 0 Å². The Bertz CT molecular complexity index is 3710. The third-order valence-electron chi connectivity index (χ3n) is 19.9. The summed E-state index contributed by atoms with van der Waals surface area (Å²) in [4.78, 5) is 16.3. The highest BCUT2D eigenvalue weighted by Gasteiger charge is 2.52. The first-order valence-electron chi connectivity index (χ1n) is 36.1. The van der Waals surface area contributed by atoms with Crippen molar-refractivity contribution >= 4 is 68.0 Å². The molecule has 2 aliphatic carbocycles. The summed E-state index contributed by atoms with van der Waals surface area (Å²) < 4.78 is 0. The van der Waals surface area contributed by atoms with Crippen LogP contribution in [0.15, 0.2) is 133 Å². The summed E-state index contributed by atoms with van der Waals surface area (Å²) in [5.41, 5.74) is 21.2. The molecule has 91 heavy (non-hydrogen) atoms. The third-order valence-corrected chi connectivity index (χ3v) is 27.6. The van der Waals surface area contributed by atoms with Crippen molar-refractivity contribution in [3.8, 4) is 82.2 Å². The van der Waals surface area contributed by atoms with E-state index < -0.39 is 5.41 Å². The molecular formula is C85H100S6. The SMILES string of the molecule is CCCCCCc1csc(-c2sc(-c3sc(-c4ccc5c(c4)C4(c6ccccc6-5)c5ccccc5-c5ccc(-c6cc(CCCCCC)c(-c7cc(CCCCCC)c(-c8ccc(CCCCCC)s8)s7)s6)cc54)cc3CCCCCC)cc2CCCCCC)c1. The van der Waals surface area contributed by atoms with Crippen molar-refractivity contribution < 1.29 is 0 Å². The van der Waals surface area contributed by atoms with Crippen molar-refractivity contribution in [2.24, 2.45) is 0 Å². The second-order valence-corrected chi connectivity index (χ2v) is 33.0. The number of aryl methyl sites for hydroxylation is 6. The highest BCUT2D eigenvalue weighted by molar-refractivity contribution is 7.28. The topological polar surface area (TPSA) is 0 Å². The van der Waals surface area contributed by atoms with Crippen molar-refractivity contribution in [2.75, 3.05) is 0 Å². The van der Waals surface area contributed by atoms with Crippen LogP contribution in [0.3, 0.4) is 0 Å². The van der Waals surface area contributed by atoms with Crippen LogP contribution in [0.2, 0.25) is 0 Å². The minimum atomic E-state index is -0.453. The Morgan fingerprint density at radius 1 is 0.275 bits per heavy atom. The third kappa shape index (κ3) is 14.5. The van der Waals surface area contributed by atoms with Crippen LogP contribution in [-0.4, -0.2) is 0 Å². The molecule has 6 aromatic heterocycles. The minimum Gasteiger partial charge on any atom is -0.143 e. The van der Waals surface area contributed by atoms with E-state index >= 15 is 0 Å². The Hall–Kier alpha value is -4.92. The molecule has 10 aromatic rings. The minimum absolute atomic E-state index is 0.453. The van der Waals surface area contributed by atoms with E-state index in [2.05, 4.69) is 231 Å². The van der Waals surface area contributed by atoms with E-state index in [0.717, 1.165) is 25.7 Å². The zero-order valence-electron chi connectivity index (χ0n) is 55.9. The van der Waals surface area contributed by atoms with Crippen molar-refractivity contribution in [3.63, 3.8) is 0 Å². The summed E-state index contributed by atoms with van der Waals surface area (Å²) in [6.45, 7) is 14.0. The molecule has 0 aliphatic heterocycles. The summed E-state index contributed by atoms with van der Waals surface area (Å²) in [7, 11) is 0. The van der Waals surface area contributed by atoms with Gasteiger partial charge >= 0.3 is 0 Å². The lowest BCUT2D eigenvalue weighted by Gasteiger charge is -2.31. The van der Waals surface area contributed by atoms with Gasteiger partial charge in [0.1, 0.15) is 0 Å². The molecule has 476 valence electrons. The summed E-state index contributed by atoms with van der Waals surface area (Å²) in [6.07, 6.45) is 38.0. The molecule has 0 N–H and O–H groups in total. The van der Waals surface area contributed by atoms with Crippen LogP contribution in [0.4, 0.5) is 0 Å². The predicted octanol–water partition coefficient (Wildman–Crippen LogP) is 29.1. The van der Waals surface area contributed by atoms with Crippen molar-refractivity contribution in [2.45, 2.75) is 240 Å². The lowest BCUT2D eigenvalue weighted by Crippen LogP contribution is -2.26. The highest BCUT2D eigenvalue weighted by atomic mass is 32.1. The van der Waals surface area contributed by atoms with Crippen LogP contribution in [0.5, 0.6) is 0 Å². The molecular weight excluding hydrogens is 1210 g/mol. The number of hydrogen-bond donors (Lipinski definition) is 0. The molecule has 6 heteroatoms. The average molecular weight is 1310 g/mol. The van der Waals surface area contributed by atoms with Crippen LogP contribution in [-0.2, 0) is 43.9 Å². The quantitative estimate of drug-likeness (QED) is 0.0343. The van der Waals surface area contributed by atoms with Gasteiger partial charge in [-0.25, -0.2) is 0 Å². The fourth-order valence-corrected chi connectivity index (χ4v) is 22.4. The van der Waals surface area contributed by atoms with Gasteiger partial charge in [0, 0.05) is 53.6 Å². The zero-order valence-corrected chi connectivity index (χ0v) is 60.8. The Kier molecular flexibility index (Phi) is 23.3. The summed E-state index contributed by atoms with van der Waals surface area (Å²) >= 11 is 12.4. The first-order chi connectivity index (χ1) is 44.9. The number of thiophene rings is 6. The fourth-order valence-electron chi connectivity index (χ4n) is 15.0. The molecule has 1 spiro atoms. The standard InChI is InChI=1S/C85H100S6/c1-7-13-19-25-35-59-51-78(86-58-59)82-65(39-29-23-17-11-5)57-80(91-82)84-63(37-27-21-15-9-3)55-77(89-84)61-46-49-70-68-42-32-34-44-72(68)85(74(70)53-61)71-43-33-31-41-67(71)69-48-45-60(52-73(69)85)76-54-62(36-26-20-14-8-2)83(88-76)79-56-64(38-28-22-16-10-4)81(90-79)75-50-47-66(87-75)40-30-24-18-12-6/h31-34,41-58H,7-30,35-40H2,1-6H3. The lowest BCUT2D eigenvalue weighted by molar-refractivity contribution is 0.667. The van der Waals surface area contributed by atoms with Gasteiger partial charge in [-0.05, 0) is 220 Å². The summed E-state index contributed by atoms with van der Waals surface area (Å²) in [5, 5.41) is 2.47. The van der Waals surface area contributed by atoms with Gasteiger partial charge < -0.3 is 0 Å². The van der Waals surface area contributed by atoms with Crippen molar-refractivity contribution in [1.29, 1.82) is 0 Å². The first-order valence-corrected chi connectivity index (χ1v) is 41.0. The van der Waals surface area contributed by atoms with E-state index in [1.165, 1.54) is 277 Å². The van der Waals surface area contributed by atoms with Gasteiger partial charge in [0.25, 0.3) is 0 Å². The number of hydrogen-bond acceptors (Lipinski definition) is 6. The highest BCUT2D eigenvalue weighted by Crippen LogP contribution is 2.64. The average Bonchev–Trinajstić information content (AvgIpc) is 1.51. The Balaban J connectivity index is 0.948. The predicted molar refractivity (Wildman–Crippen MR) is 410 cm³/mol. The molecule has 6 heterocycles. The normalized spacial score (nSPS) is 13.9. The Morgan fingerprint density at radius 3 is 1.10 bits per heavy atom. The second-order valence-electron chi connectivity index (χ2n) is 26.7. The molecule has 0 saturated carbocycles. The van der Waals surface area contributed by atoms with Gasteiger partial charge in [-0.2, -0.15) is 0 Å². The molecule has 12 rings (SSSR count). The first kappa shape index (κ1) is 66.1. The maximum Gasteiger partial charge on any atom is 0.0725 e. The van der Waals surface area contributed by atoms with E-state index in [0.29, 0.717) is 0 Å². The molecule has 2 aliphatic rings. The molecule has 4 aromatic carbocycles. The smallest absolute Gasteiger partial charge is 0.0725 e. The summed E-state index contributed by atoms with van der Waals surface area (Å²) in [6, 6.07) is 52.2. The number of benzene rings is 4. The van der Waals surface area contributed by atoms with Crippen LogP contribution >= 0.6 is 68.0 Å². The second kappa shape index (κ2) is 32.0. The molecule has 0 nitrogen and oxygen atoms in total. The van der Waals surface area contributed by atoms with E-state index in [1.807, 2.05) is 11.3 Å². The monoisotopic (exact) mass is 1310 g/mol. The molecule has 0 amide bonds. The van der Waals surface area contributed by atoms with Gasteiger partial charge in [-0.15, -0.1) is 68.0 Å². The van der Waals surface area contributed by atoms with Crippen molar-refractivity contribution in [3.05, 3.63) is 188 Å². The van der Waals surface area contributed by atoms with E-state index in [-0.39, 0.29) is 0 Å². The number of rotatable bonds is 36. The van der Waals surface area contributed by atoms with Gasteiger partial charge in [0.2, 0.25) is 0 Å². The molecule has 0 fully saturated rings. The van der Waals surface area contributed by atoms with Crippen LogP contribution < -0.4 is 0 Å². The number of unbranched alkanes of at least 4 members (excludes halogenated alkanes) is 18. The molecule has 0 saturated heterocycles. The van der Waals surface area contributed by atoms with E-state index in [1.54, 1.807) is 27.1 Å². The molecule has 1 atom stereocenters. The van der Waals surface area contributed by atoms with Gasteiger partial charge in [0.15, 0.2) is 0 Å². The fraction of sp³-hybridized carbons (Fsp3) is 0.435. The Morgan fingerprint density at radius 2 is 0.648 bits per heavy atom. The zero-order chi connectivity index (χ0) is 62.5. The van der Waals surface area contributed by atoms with Gasteiger partial charge in [-0.3, -0.25) is 0 Å². The van der Waals surface area contributed by atoms with Gasteiger partial charge in [0.05, 0.1) is 5.41 Å². The van der Waals surface area contributed by atoms with Crippen LogP contribution in [0, 0.1) is 0 Å². The van der Waals surface area contributed by atoms with Gasteiger partial charge in [-0.1, -0.05) is 230 Å². The van der Waals surface area contributed by atoms with E-state index in [4.69, 9.17) is 0 Å². The largest absolute Gasteiger partial charge is 0.143 e. The molecule has 1 unspecified atom stereocenters. The lowest BCUT2D eigenvalue weighted by atomic mass is 9.70. The number of fused-ring (bicyclic) bond motifs is 10. The summed E-state index contributed by atoms with van der Waals surface area (Å²) in [5.74, 6) is 0. The Labute approximate surface area is 572 Å².